The molecule has 1 saturated heterocycles. The molecule has 0 bridgehead atoms. The van der Waals surface area contributed by atoms with Gasteiger partial charge in [0.05, 0.1) is 18.4 Å². The Hall–Kier alpha value is -2.28. The van der Waals surface area contributed by atoms with Gasteiger partial charge in [0.1, 0.15) is 11.8 Å². The predicted octanol–water partition coefficient (Wildman–Crippen LogP) is 0.860. The summed E-state index contributed by atoms with van der Waals surface area (Å²) in [6.45, 7) is 0.692. The second-order valence-corrected chi connectivity index (χ2v) is 5.05. The molecule has 110 valence electrons. The van der Waals surface area contributed by atoms with Gasteiger partial charge in [0, 0.05) is 37.8 Å². The van der Waals surface area contributed by atoms with Crippen LogP contribution in [0.15, 0.2) is 31.0 Å². The van der Waals surface area contributed by atoms with Crippen LogP contribution in [0.2, 0.25) is 0 Å². The van der Waals surface area contributed by atoms with E-state index in [4.69, 9.17) is 4.74 Å². The standard InChI is InChI=1S/C14H17N5O2/c1-19-9-10(7-17-19)13-11(3-2-6-21-13)18-14(20)12-8-15-4-5-16-12/h4-5,7-9,11,13H,2-3,6H2,1H3,(H,18,20)/t11-,13+/m0/s1. The highest BCUT2D eigenvalue weighted by Crippen LogP contribution is 2.28. The number of hydrogen-bond acceptors (Lipinski definition) is 5. The third kappa shape index (κ3) is 3.08. The Bertz CT molecular complexity index is 613. The van der Waals surface area contributed by atoms with Crippen molar-refractivity contribution in [2.75, 3.05) is 6.61 Å². The second kappa shape index (κ2) is 6.01. The third-order valence-corrected chi connectivity index (χ3v) is 3.49. The minimum Gasteiger partial charge on any atom is -0.371 e. The van der Waals surface area contributed by atoms with Crippen LogP contribution in [0.3, 0.4) is 0 Å². The lowest BCUT2D eigenvalue weighted by Gasteiger charge is -2.31. The van der Waals surface area contributed by atoms with Crippen LogP contribution in [0, 0.1) is 0 Å². The lowest BCUT2D eigenvalue weighted by molar-refractivity contribution is -0.00955. The fraction of sp³-hybridized carbons (Fsp3) is 0.429. The molecule has 3 heterocycles. The first kappa shape index (κ1) is 13.7. The Balaban J connectivity index is 1.74. The zero-order chi connectivity index (χ0) is 14.7. The number of ether oxygens (including phenoxy) is 1. The molecule has 0 unspecified atom stereocenters. The van der Waals surface area contributed by atoms with Gasteiger partial charge >= 0.3 is 0 Å². The van der Waals surface area contributed by atoms with Crippen molar-refractivity contribution < 1.29 is 9.53 Å². The zero-order valence-electron chi connectivity index (χ0n) is 11.8. The summed E-state index contributed by atoms with van der Waals surface area (Å²) in [7, 11) is 1.86. The minimum atomic E-state index is -0.229. The van der Waals surface area contributed by atoms with Crippen LogP contribution in [-0.4, -0.2) is 38.3 Å². The topological polar surface area (TPSA) is 81.9 Å². The summed E-state index contributed by atoms with van der Waals surface area (Å²) in [4.78, 5) is 20.1. The molecule has 3 rings (SSSR count). The van der Waals surface area contributed by atoms with Crippen LogP contribution in [0.4, 0.5) is 0 Å². The molecule has 1 aliphatic heterocycles. The van der Waals surface area contributed by atoms with Crippen LogP contribution < -0.4 is 5.32 Å². The van der Waals surface area contributed by atoms with Gasteiger partial charge in [-0.3, -0.25) is 14.5 Å². The number of amides is 1. The van der Waals surface area contributed by atoms with Crippen molar-refractivity contribution >= 4 is 5.91 Å². The molecular weight excluding hydrogens is 270 g/mol. The molecule has 2 aromatic heterocycles. The molecule has 7 nitrogen and oxygen atoms in total. The summed E-state index contributed by atoms with van der Waals surface area (Å²) in [6.07, 6.45) is 9.80. The maximum Gasteiger partial charge on any atom is 0.271 e. The monoisotopic (exact) mass is 287 g/mol. The molecule has 2 atom stereocenters. The molecule has 7 heteroatoms. The van der Waals surface area contributed by atoms with Crippen molar-refractivity contribution in [3.63, 3.8) is 0 Å². The number of nitrogens with one attached hydrogen (secondary N) is 1. The number of hydrogen-bond donors (Lipinski definition) is 1. The van der Waals surface area contributed by atoms with Crippen molar-refractivity contribution in [3.8, 4) is 0 Å². The van der Waals surface area contributed by atoms with E-state index in [-0.39, 0.29) is 18.1 Å². The zero-order valence-corrected chi connectivity index (χ0v) is 11.8. The van der Waals surface area contributed by atoms with Gasteiger partial charge in [-0.15, -0.1) is 0 Å². The van der Waals surface area contributed by atoms with E-state index in [2.05, 4.69) is 20.4 Å². The number of rotatable bonds is 3. The molecule has 0 spiro atoms. The van der Waals surface area contributed by atoms with Gasteiger partial charge in [-0.05, 0) is 12.8 Å². The van der Waals surface area contributed by atoms with Crippen LogP contribution >= 0.6 is 0 Å². The van der Waals surface area contributed by atoms with Crippen molar-refractivity contribution in [2.45, 2.75) is 25.0 Å². The van der Waals surface area contributed by atoms with Gasteiger partial charge in [-0.25, -0.2) is 4.98 Å². The number of nitrogens with zero attached hydrogens (tertiary/aromatic N) is 4. The first-order valence-corrected chi connectivity index (χ1v) is 6.91. The largest absolute Gasteiger partial charge is 0.371 e. The quantitative estimate of drug-likeness (QED) is 0.905. The minimum absolute atomic E-state index is 0.0857. The fourth-order valence-corrected chi connectivity index (χ4v) is 2.50. The molecule has 2 aromatic rings. The summed E-state index contributed by atoms with van der Waals surface area (Å²) < 4.78 is 7.55. The van der Waals surface area contributed by atoms with Gasteiger partial charge in [0.25, 0.3) is 5.91 Å². The van der Waals surface area contributed by atoms with E-state index >= 15 is 0 Å². The van der Waals surface area contributed by atoms with Crippen LogP contribution in [0.1, 0.15) is 35.0 Å². The molecule has 1 amide bonds. The lowest BCUT2D eigenvalue weighted by Crippen LogP contribution is -2.43. The van der Waals surface area contributed by atoms with Crippen molar-refractivity contribution in [3.05, 3.63) is 42.2 Å². The number of carbonyl (C=O) groups excluding carboxylic acids is 1. The average molecular weight is 287 g/mol. The highest BCUT2D eigenvalue weighted by molar-refractivity contribution is 5.92. The Morgan fingerprint density at radius 2 is 2.33 bits per heavy atom. The summed E-state index contributed by atoms with van der Waals surface area (Å²) >= 11 is 0. The number of aryl methyl sites for hydroxylation is 1. The molecule has 0 aliphatic carbocycles. The summed E-state index contributed by atoms with van der Waals surface area (Å²) in [5.41, 5.74) is 1.29. The second-order valence-electron chi connectivity index (χ2n) is 5.05. The summed E-state index contributed by atoms with van der Waals surface area (Å²) in [6, 6.07) is -0.0857. The van der Waals surface area contributed by atoms with E-state index in [9.17, 15) is 4.79 Å². The lowest BCUT2D eigenvalue weighted by atomic mass is 9.98. The Labute approximate surface area is 122 Å². The van der Waals surface area contributed by atoms with Crippen LogP contribution in [0.25, 0.3) is 0 Å². The predicted molar refractivity (Wildman–Crippen MR) is 74.4 cm³/mol. The Morgan fingerprint density at radius 3 is 3.05 bits per heavy atom. The van der Waals surface area contributed by atoms with Crippen LogP contribution in [-0.2, 0) is 11.8 Å². The van der Waals surface area contributed by atoms with Gasteiger partial charge in [0.2, 0.25) is 0 Å². The highest BCUT2D eigenvalue weighted by Gasteiger charge is 2.30. The van der Waals surface area contributed by atoms with Gasteiger partial charge in [-0.2, -0.15) is 5.10 Å². The van der Waals surface area contributed by atoms with E-state index in [1.807, 2.05) is 13.2 Å². The molecule has 0 saturated carbocycles. The number of aromatic nitrogens is 4. The molecule has 1 N–H and O–H groups in total. The Kier molecular flexibility index (Phi) is 3.92. The van der Waals surface area contributed by atoms with Gasteiger partial charge < -0.3 is 10.1 Å². The summed E-state index contributed by atoms with van der Waals surface area (Å²) in [5.74, 6) is -0.229. The first-order valence-electron chi connectivity index (χ1n) is 6.91. The first-order chi connectivity index (χ1) is 10.2. The molecular formula is C14H17N5O2. The van der Waals surface area contributed by atoms with E-state index in [1.54, 1.807) is 17.1 Å². The van der Waals surface area contributed by atoms with Crippen molar-refractivity contribution in [2.24, 2.45) is 7.05 Å². The highest BCUT2D eigenvalue weighted by atomic mass is 16.5. The van der Waals surface area contributed by atoms with Crippen LogP contribution in [0.5, 0.6) is 0 Å². The maximum absolute atomic E-state index is 12.2. The fourth-order valence-electron chi connectivity index (χ4n) is 2.50. The smallest absolute Gasteiger partial charge is 0.271 e. The van der Waals surface area contributed by atoms with Crippen molar-refractivity contribution in [1.82, 2.24) is 25.1 Å². The molecule has 0 radical (unpaired) electrons. The van der Waals surface area contributed by atoms with Crippen molar-refractivity contribution in [1.29, 1.82) is 0 Å². The van der Waals surface area contributed by atoms with E-state index < -0.39 is 0 Å². The van der Waals surface area contributed by atoms with Gasteiger partial charge in [-0.1, -0.05) is 0 Å². The van der Waals surface area contributed by atoms with E-state index in [0.29, 0.717) is 12.3 Å². The Morgan fingerprint density at radius 1 is 1.43 bits per heavy atom. The third-order valence-electron chi connectivity index (χ3n) is 3.49. The van der Waals surface area contributed by atoms with E-state index in [1.165, 1.54) is 12.4 Å². The normalized spacial score (nSPS) is 22.0. The molecule has 1 fully saturated rings. The SMILES string of the molecule is Cn1cc([C@H]2OCCC[C@@H]2NC(=O)c2cnccn2)cn1. The number of carbonyl (C=O) groups is 1. The maximum atomic E-state index is 12.2. The molecule has 1 aliphatic rings. The molecule has 21 heavy (non-hydrogen) atoms. The van der Waals surface area contributed by atoms with Gasteiger partial charge in [0.15, 0.2) is 0 Å². The van der Waals surface area contributed by atoms with E-state index in [0.717, 1.165) is 18.4 Å². The average Bonchev–Trinajstić information content (AvgIpc) is 2.95. The summed E-state index contributed by atoms with van der Waals surface area (Å²) in [5, 5.41) is 7.15. The molecule has 0 aromatic carbocycles.